The second-order valence-electron chi connectivity index (χ2n) is 7.73. The molecule has 0 aliphatic heterocycles. The number of nitrogens with one attached hydrogen (secondary N) is 2. The zero-order valence-corrected chi connectivity index (χ0v) is 16.2. The maximum absolute atomic E-state index is 10.8. The summed E-state index contributed by atoms with van der Waals surface area (Å²) in [6.07, 6.45) is 21.2. The lowest BCUT2D eigenvalue weighted by Gasteiger charge is -2.18. The van der Waals surface area contributed by atoms with Crippen molar-refractivity contribution in [1.82, 2.24) is 10.6 Å². The van der Waals surface area contributed by atoms with Gasteiger partial charge in [-0.1, -0.05) is 77.0 Å². The van der Waals surface area contributed by atoms with E-state index in [0.29, 0.717) is 0 Å². The number of rotatable bonds is 6. The molecule has 0 saturated heterocycles. The molecule has 0 unspecified atom stereocenters. The molecular formula is C21H42N2O. The zero-order valence-electron chi connectivity index (χ0n) is 16.2. The van der Waals surface area contributed by atoms with Gasteiger partial charge >= 0.3 is 0 Å². The second-order valence-corrected chi connectivity index (χ2v) is 7.73. The van der Waals surface area contributed by atoms with Crippen LogP contribution < -0.4 is 10.6 Å². The first-order valence-electron chi connectivity index (χ1n) is 10.7. The molecule has 0 bridgehead atoms. The number of carbonyl (C=O) groups excluding carboxylic acids is 1. The predicted octanol–water partition coefficient (Wildman–Crippen LogP) is 5.19. The lowest BCUT2D eigenvalue weighted by Crippen LogP contribution is -2.28. The molecule has 0 radical (unpaired) electrons. The van der Waals surface area contributed by atoms with Crippen molar-refractivity contribution in [3.63, 3.8) is 0 Å². The van der Waals surface area contributed by atoms with Crippen LogP contribution in [-0.2, 0) is 4.79 Å². The Labute approximate surface area is 150 Å². The van der Waals surface area contributed by atoms with Crippen molar-refractivity contribution >= 4 is 5.91 Å². The van der Waals surface area contributed by atoms with Gasteiger partial charge in [0.05, 0.1) is 0 Å². The third-order valence-electron chi connectivity index (χ3n) is 5.31. The molecule has 0 aromatic carbocycles. The summed E-state index contributed by atoms with van der Waals surface area (Å²) in [6, 6.07) is 0. The highest BCUT2D eigenvalue weighted by atomic mass is 16.1. The Hall–Kier alpha value is -0.570. The molecule has 0 spiro atoms. The van der Waals surface area contributed by atoms with Crippen molar-refractivity contribution in [2.24, 2.45) is 5.92 Å². The monoisotopic (exact) mass is 338 g/mol. The topological polar surface area (TPSA) is 41.1 Å². The van der Waals surface area contributed by atoms with Gasteiger partial charge in [-0.05, 0) is 38.3 Å². The van der Waals surface area contributed by atoms with E-state index in [0.717, 1.165) is 25.4 Å². The maximum Gasteiger partial charge on any atom is 0.216 e. The minimum absolute atomic E-state index is 0.0804. The third-order valence-corrected chi connectivity index (χ3v) is 5.31. The number of hydrogen-bond donors (Lipinski definition) is 2. The van der Waals surface area contributed by atoms with Crippen LogP contribution in [-0.4, -0.2) is 25.5 Å². The summed E-state index contributed by atoms with van der Waals surface area (Å²) in [5, 5.41) is 6.49. The van der Waals surface area contributed by atoms with Crippen LogP contribution in [0.1, 0.15) is 103 Å². The summed E-state index contributed by atoms with van der Waals surface area (Å²) >= 11 is 0. The predicted molar refractivity (Wildman–Crippen MR) is 104 cm³/mol. The molecule has 1 aliphatic carbocycles. The number of amides is 1. The van der Waals surface area contributed by atoms with Gasteiger partial charge in [0.15, 0.2) is 0 Å². The van der Waals surface area contributed by atoms with Crippen molar-refractivity contribution < 1.29 is 4.79 Å². The van der Waals surface area contributed by atoms with Crippen LogP contribution in [0.15, 0.2) is 0 Å². The van der Waals surface area contributed by atoms with Gasteiger partial charge in [0.25, 0.3) is 0 Å². The molecule has 0 aromatic rings. The van der Waals surface area contributed by atoms with Crippen LogP contribution in [0.5, 0.6) is 0 Å². The smallest absolute Gasteiger partial charge is 0.216 e. The normalized spacial score (nSPS) is 20.0. The van der Waals surface area contributed by atoms with Crippen LogP contribution >= 0.6 is 0 Å². The van der Waals surface area contributed by atoms with E-state index in [1.54, 1.807) is 6.92 Å². The van der Waals surface area contributed by atoms with Crippen molar-refractivity contribution in [2.75, 3.05) is 19.6 Å². The summed E-state index contributed by atoms with van der Waals surface area (Å²) in [4.78, 5) is 10.8. The Morgan fingerprint density at radius 3 is 1.67 bits per heavy atom. The minimum Gasteiger partial charge on any atom is -0.356 e. The molecule has 3 nitrogen and oxygen atoms in total. The fourth-order valence-electron chi connectivity index (χ4n) is 3.77. The van der Waals surface area contributed by atoms with Crippen LogP contribution in [0.3, 0.4) is 0 Å². The van der Waals surface area contributed by atoms with Gasteiger partial charge in [0, 0.05) is 13.5 Å². The SMILES string of the molecule is CC(=O)NCCCNCC1CCCCCCCCCCCCCC1. The van der Waals surface area contributed by atoms with E-state index in [-0.39, 0.29) is 5.91 Å². The van der Waals surface area contributed by atoms with E-state index < -0.39 is 0 Å². The summed E-state index contributed by atoms with van der Waals surface area (Å²) in [5.74, 6) is 0.938. The fraction of sp³-hybridized carbons (Fsp3) is 0.952. The van der Waals surface area contributed by atoms with E-state index >= 15 is 0 Å². The van der Waals surface area contributed by atoms with E-state index in [1.807, 2.05) is 0 Å². The number of carbonyl (C=O) groups is 1. The molecule has 3 heteroatoms. The van der Waals surface area contributed by atoms with E-state index in [4.69, 9.17) is 0 Å². The van der Waals surface area contributed by atoms with Gasteiger partial charge in [-0.25, -0.2) is 0 Å². The fourth-order valence-corrected chi connectivity index (χ4v) is 3.77. The van der Waals surface area contributed by atoms with Gasteiger partial charge in [-0.15, -0.1) is 0 Å². The Morgan fingerprint density at radius 2 is 1.21 bits per heavy atom. The average Bonchev–Trinajstić information content (AvgIpc) is 2.57. The molecule has 1 fully saturated rings. The van der Waals surface area contributed by atoms with Gasteiger partial charge < -0.3 is 10.6 Å². The highest BCUT2D eigenvalue weighted by Crippen LogP contribution is 2.20. The average molecular weight is 339 g/mol. The zero-order chi connectivity index (χ0) is 17.3. The first-order valence-corrected chi connectivity index (χ1v) is 10.7. The third kappa shape index (κ3) is 13.8. The molecule has 142 valence electrons. The lowest BCUT2D eigenvalue weighted by molar-refractivity contribution is -0.118. The van der Waals surface area contributed by atoms with Gasteiger partial charge in [0.1, 0.15) is 0 Å². The highest BCUT2D eigenvalue weighted by Gasteiger charge is 2.08. The second kappa shape index (κ2) is 15.9. The van der Waals surface area contributed by atoms with E-state index in [1.165, 1.54) is 96.4 Å². The lowest BCUT2D eigenvalue weighted by atomic mass is 9.94. The molecule has 2 N–H and O–H groups in total. The van der Waals surface area contributed by atoms with Crippen LogP contribution in [0.4, 0.5) is 0 Å². The molecule has 1 amide bonds. The molecule has 1 aliphatic rings. The Morgan fingerprint density at radius 1 is 0.750 bits per heavy atom. The van der Waals surface area contributed by atoms with Crippen molar-refractivity contribution in [3.05, 3.63) is 0 Å². The first kappa shape index (κ1) is 21.5. The summed E-state index contributed by atoms with van der Waals surface area (Å²) < 4.78 is 0. The first-order chi connectivity index (χ1) is 11.8. The van der Waals surface area contributed by atoms with Gasteiger partial charge in [0.2, 0.25) is 5.91 Å². The van der Waals surface area contributed by atoms with Gasteiger partial charge in [-0.2, -0.15) is 0 Å². The van der Waals surface area contributed by atoms with Crippen molar-refractivity contribution in [2.45, 2.75) is 103 Å². The Bertz CT molecular complexity index is 278. The van der Waals surface area contributed by atoms with Crippen LogP contribution in [0.2, 0.25) is 0 Å². The molecule has 0 heterocycles. The Kier molecular flexibility index (Phi) is 14.3. The Balaban J connectivity index is 2.16. The molecule has 24 heavy (non-hydrogen) atoms. The summed E-state index contributed by atoms with van der Waals surface area (Å²) in [6.45, 7) is 4.58. The standard InChI is InChI=1S/C21H42N2O/c1-20(24)23-18-14-17-22-19-21-15-12-10-8-6-4-2-3-5-7-9-11-13-16-21/h21-22H,2-19H2,1H3,(H,23,24). The van der Waals surface area contributed by atoms with E-state index in [2.05, 4.69) is 10.6 Å². The van der Waals surface area contributed by atoms with Crippen LogP contribution in [0, 0.1) is 5.92 Å². The van der Waals surface area contributed by atoms with E-state index in [9.17, 15) is 4.79 Å². The summed E-state index contributed by atoms with van der Waals surface area (Å²) in [5.41, 5.74) is 0. The molecule has 1 saturated carbocycles. The minimum atomic E-state index is 0.0804. The molecular weight excluding hydrogens is 296 g/mol. The molecule has 0 atom stereocenters. The summed E-state index contributed by atoms with van der Waals surface area (Å²) in [7, 11) is 0. The maximum atomic E-state index is 10.8. The highest BCUT2D eigenvalue weighted by molar-refractivity contribution is 5.72. The molecule has 1 rings (SSSR count). The quantitative estimate of drug-likeness (QED) is 0.654. The van der Waals surface area contributed by atoms with Crippen molar-refractivity contribution in [1.29, 1.82) is 0 Å². The largest absolute Gasteiger partial charge is 0.356 e. The number of hydrogen-bond acceptors (Lipinski definition) is 2. The van der Waals surface area contributed by atoms with Gasteiger partial charge in [-0.3, -0.25) is 4.79 Å². The van der Waals surface area contributed by atoms with Crippen LogP contribution in [0.25, 0.3) is 0 Å². The van der Waals surface area contributed by atoms with Crippen molar-refractivity contribution in [3.8, 4) is 0 Å². The molecule has 0 aromatic heterocycles.